The van der Waals surface area contributed by atoms with Crippen molar-refractivity contribution in [3.63, 3.8) is 0 Å². The molecule has 2 aromatic rings. The van der Waals surface area contributed by atoms with E-state index >= 15 is 0 Å². The van der Waals surface area contributed by atoms with Gasteiger partial charge >= 0.3 is 5.97 Å². The van der Waals surface area contributed by atoms with Crippen molar-refractivity contribution in [2.75, 3.05) is 5.32 Å². The summed E-state index contributed by atoms with van der Waals surface area (Å²) in [6, 6.07) is 5.41. The second kappa shape index (κ2) is 6.56. The zero-order valence-electron chi connectivity index (χ0n) is 11.0. The number of aryl methyl sites for hydroxylation is 1. The number of carboxylic acid groups (broad SMARTS) is 1. The molecule has 0 aromatic carbocycles. The molecule has 1 unspecified atom stereocenters. The summed E-state index contributed by atoms with van der Waals surface area (Å²) >= 11 is 3.22. The monoisotopic (exact) mass is 338 g/mol. The van der Waals surface area contributed by atoms with Gasteiger partial charge in [-0.15, -0.1) is 0 Å². The molecule has 0 aliphatic rings. The van der Waals surface area contributed by atoms with E-state index in [0.717, 1.165) is 18.6 Å². The first-order chi connectivity index (χ1) is 9.56. The minimum atomic E-state index is -1.00. The Balaban J connectivity index is 2.00. The van der Waals surface area contributed by atoms with Crippen molar-refractivity contribution in [1.82, 2.24) is 4.98 Å². The average molecular weight is 339 g/mol. The Labute approximate surface area is 125 Å². The molecule has 20 heavy (non-hydrogen) atoms. The van der Waals surface area contributed by atoms with Crippen LogP contribution in [0.3, 0.4) is 0 Å². The summed E-state index contributed by atoms with van der Waals surface area (Å²) in [4.78, 5) is 15.3. The number of halogens is 1. The number of nitrogens with one attached hydrogen (secondary N) is 1. The van der Waals surface area contributed by atoms with Gasteiger partial charge in [-0.1, -0.05) is 0 Å². The number of hydrogen-bond donors (Lipinski definition) is 2. The van der Waals surface area contributed by atoms with E-state index in [9.17, 15) is 4.79 Å². The largest absolute Gasteiger partial charge is 0.478 e. The Morgan fingerprint density at radius 1 is 1.60 bits per heavy atom. The molecular formula is C14H15BrN2O3. The topological polar surface area (TPSA) is 75.4 Å². The maximum atomic E-state index is 11.2. The second-order valence-corrected chi connectivity index (χ2v) is 5.43. The normalized spacial score (nSPS) is 12.1. The quantitative estimate of drug-likeness (QED) is 0.842. The summed E-state index contributed by atoms with van der Waals surface area (Å²) in [6.07, 6.45) is 4.84. The summed E-state index contributed by atoms with van der Waals surface area (Å²) < 4.78 is 5.91. The highest BCUT2D eigenvalue weighted by Crippen LogP contribution is 2.19. The molecule has 0 spiro atoms. The van der Waals surface area contributed by atoms with E-state index in [4.69, 9.17) is 9.52 Å². The van der Waals surface area contributed by atoms with Gasteiger partial charge in [0.2, 0.25) is 0 Å². The third-order valence-corrected chi connectivity index (χ3v) is 3.31. The summed E-state index contributed by atoms with van der Waals surface area (Å²) in [5.41, 5.74) is 0.157. The Morgan fingerprint density at radius 3 is 3.05 bits per heavy atom. The van der Waals surface area contributed by atoms with E-state index < -0.39 is 5.97 Å². The number of furan rings is 1. The third-order valence-electron chi connectivity index (χ3n) is 2.87. The number of anilines is 1. The molecule has 6 heteroatoms. The van der Waals surface area contributed by atoms with Crippen LogP contribution in [0.1, 0.15) is 29.5 Å². The van der Waals surface area contributed by atoms with Gasteiger partial charge in [0.15, 0.2) is 0 Å². The van der Waals surface area contributed by atoms with E-state index in [1.165, 1.54) is 6.07 Å². The van der Waals surface area contributed by atoms with Gasteiger partial charge in [-0.25, -0.2) is 9.78 Å². The number of hydrogen-bond acceptors (Lipinski definition) is 4. The summed E-state index contributed by atoms with van der Waals surface area (Å²) in [6.45, 7) is 1.98. The maximum Gasteiger partial charge on any atom is 0.339 e. The van der Waals surface area contributed by atoms with Crippen LogP contribution in [0.4, 0.5) is 5.82 Å². The van der Waals surface area contributed by atoms with E-state index in [-0.39, 0.29) is 11.6 Å². The molecule has 0 radical (unpaired) electrons. The number of carboxylic acids is 1. The SMILES string of the molecule is CC(CCc1ccco1)Nc1ncc(Br)cc1C(=O)O. The highest BCUT2D eigenvalue weighted by molar-refractivity contribution is 9.10. The van der Waals surface area contributed by atoms with Gasteiger partial charge in [0.1, 0.15) is 17.1 Å². The predicted octanol–water partition coefficient (Wildman–Crippen LogP) is 3.57. The molecule has 106 valence electrons. The van der Waals surface area contributed by atoms with Crippen molar-refractivity contribution >= 4 is 27.7 Å². The molecular weight excluding hydrogens is 324 g/mol. The molecule has 1 atom stereocenters. The van der Waals surface area contributed by atoms with Gasteiger partial charge in [0.05, 0.1) is 6.26 Å². The lowest BCUT2D eigenvalue weighted by atomic mass is 10.1. The Bertz CT molecular complexity index is 584. The van der Waals surface area contributed by atoms with Crippen LogP contribution in [0, 0.1) is 0 Å². The van der Waals surface area contributed by atoms with Crippen LogP contribution >= 0.6 is 15.9 Å². The first-order valence-electron chi connectivity index (χ1n) is 6.24. The number of carbonyl (C=O) groups is 1. The molecule has 0 saturated heterocycles. The van der Waals surface area contributed by atoms with Gasteiger partial charge < -0.3 is 14.8 Å². The minimum absolute atomic E-state index is 0.0897. The molecule has 0 bridgehead atoms. The fourth-order valence-corrected chi connectivity index (χ4v) is 2.17. The smallest absolute Gasteiger partial charge is 0.339 e. The van der Waals surface area contributed by atoms with Crippen molar-refractivity contribution < 1.29 is 14.3 Å². The molecule has 0 fully saturated rings. The number of rotatable bonds is 6. The molecule has 0 amide bonds. The lowest BCUT2D eigenvalue weighted by Gasteiger charge is -2.15. The van der Waals surface area contributed by atoms with Crippen molar-refractivity contribution in [3.05, 3.63) is 46.5 Å². The van der Waals surface area contributed by atoms with Crippen molar-refractivity contribution in [1.29, 1.82) is 0 Å². The summed E-state index contributed by atoms with van der Waals surface area (Å²) in [5.74, 6) is 0.299. The molecule has 2 heterocycles. The fourth-order valence-electron chi connectivity index (χ4n) is 1.84. The zero-order chi connectivity index (χ0) is 14.5. The first kappa shape index (κ1) is 14.6. The third kappa shape index (κ3) is 3.84. The van der Waals surface area contributed by atoms with Crippen LogP contribution in [-0.2, 0) is 6.42 Å². The lowest BCUT2D eigenvalue weighted by molar-refractivity contribution is 0.0697. The van der Waals surface area contributed by atoms with E-state index in [0.29, 0.717) is 10.3 Å². The molecule has 0 aliphatic heterocycles. The van der Waals surface area contributed by atoms with E-state index in [1.807, 2.05) is 19.1 Å². The minimum Gasteiger partial charge on any atom is -0.478 e. The number of pyridine rings is 1. The van der Waals surface area contributed by atoms with Gasteiger partial charge in [0, 0.05) is 23.1 Å². The van der Waals surface area contributed by atoms with Gasteiger partial charge in [0.25, 0.3) is 0 Å². The molecule has 2 aromatic heterocycles. The zero-order valence-corrected chi connectivity index (χ0v) is 12.6. The Morgan fingerprint density at radius 2 is 2.40 bits per heavy atom. The standard InChI is InChI=1S/C14H15BrN2O3/c1-9(4-5-11-3-2-6-20-11)17-13-12(14(18)19)7-10(15)8-16-13/h2-3,6-9H,4-5H2,1H3,(H,16,17)(H,18,19). The highest BCUT2D eigenvalue weighted by Gasteiger charge is 2.14. The molecule has 2 rings (SSSR count). The fraction of sp³-hybridized carbons (Fsp3) is 0.286. The number of aromatic nitrogens is 1. The average Bonchev–Trinajstić information content (AvgIpc) is 2.91. The van der Waals surface area contributed by atoms with Gasteiger partial charge in [-0.2, -0.15) is 0 Å². The van der Waals surface area contributed by atoms with Gasteiger partial charge in [-0.05, 0) is 47.5 Å². The van der Waals surface area contributed by atoms with Crippen LogP contribution in [0.2, 0.25) is 0 Å². The van der Waals surface area contributed by atoms with Crippen molar-refractivity contribution in [3.8, 4) is 0 Å². The number of nitrogens with zero attached hydrogens (tertiary/aromatic N) is 1. The Kier molecular flexibility index (Phi) is 4.79. The molecule has 2 N–H and O–H groups in total. The highest BCUT2D eigenvalue weighted by atomic mass is 79.9. The van der Waals surface area contributed by atoms with E-state index in [1.54, 1.807) is 12.5 Å². The maximum absolute atomic E-state index is 11.2. The molecule has 5 nitrogen and oxygen atoms in total. The van der Waals surface area contributed by atoms with Crippen LogP contribution < -0.4 is 5.32 Å². The summed E-state index contributed by atoms with van der Waals surface area (Å²) in [5, 5.41) is 12.3. The first-order valence-corrected chi connectivity index (χ1v) is 7.03. The van der Waals surface area contributed by atoms with E-state index in [2.05, 4.69) is 26.2 Å². The van der Waals surface area contributed by atoms with Crippen molar-refractivity contribution in [2.24, 2.45) is 0 Å². The van der Waals surface area contributed by atoms with Crippen LogP contribution in [-0.4, -0.2) is 22.1 Å². The Hall–Kier alpha value is -1.82. The van der Waals surface area contributed by atoms with Crippen molar-refractivity contribution in [2.45, 2.75) is 25.8 Å². The molecule has 0 aliphatic carbocycles. The van der Waals surface area contributed by atoms with Gasteiger partial charge in [-0.3, -0.25) is 0 Å². The second-order valence-electron chi connectivity index (χ2n) is 4.52. The predicted molar refractivity (Wildman–Crippen MR) is 79.0 cm³/mol. The number of aromatic carboxylic acids is 1. The summed E-state index contributed by atoms with van der Waals surface area (Å²) in [7, 11) is 0. The lowest BCUT2D eigenvalue weighted by Crippen LogP contribution is -2.19. The molecule has 0 saturated carbocycles. The van der Waals surface area contributed by atoms with Crippen LogP contribution in [0.15, 0.2) is 39.5 Å². The van der Waals surface area contributed by atoms with Crippen LogP contribution in [0.5, 0.6) is 0 Å². The van der Waals surface area contributed by atoms with Crippen LogP contribution in [0.25, 0.3) is 0 Å².